The van der Waals surface area contributed by atoms with Gasteiger partial charge in [-0.1, -0.05) is 0 Å². The second-order valence-corrected chi connectivity index (χ2v) is 6.55. The molecular formula is C17H20F3N5O. The lowest BCUT2D eigenvalue weighted by Crippen LogP contribution is -2.51. The number of hydrogen-bond acceptors (Lipinski definition) is 5. The number of hydrogen-bond donors (Lipinski definition) is 3. The van der Waals surface area contributed by atoms with Crippen molar-refractivity contribution in [2.75, 3.05) is 11.9 Å². The zero-order valence-corrected chi connectivity index (χ0v) is 14.6. The number of nitrogens with one attached hydrogen (secondary N) is 2. The summed E-state index contributed by atoms with van der Waals surface area (Å²) in [5.74, 6) is -4.21. The van der Waals surface area contributed by atoms with Crippen LogP contribution in [0.15, 0.2) is 29.3 Å². The van der Waals surface area contributed by atoms with Crippen molar-refractivity contribution in [2.24, 2.45) is 10.7 Å². The van der Waals surface area contributed by atoms with E-state index in [9.17, 15) is 13.2 Å². The molecule has 0 saturated carbocycles. The Morgan fingerprint density at radius 2 is 2.08 bits per heavy atom. The highest BCUT2D eigenvalue weighted by atomic mass is 19.3. The number of H-pyrrole nitrogens is 1. The van der Waals surface area contributed by atoms with E-state index in [-0.39, 0.29) is 11.6 Å². The maximum absolute atomic E-state index is 14.5. The lowest BCUT2D eigenvalue weighted by Gasteiger charge is -2.37. The number of nitrogens with zero attached hydrogens (tertiary/aromatic N) is 2. The van der Waals surface area contributed by atoms with E-state index < -0.39 is 29.9 Å². The van der Waals surface area contributed by atoms with Crippen LogP contribution >= 0.6 is 0 Å². The van der Waals surface area contributed by atoms with Gasteiger partial charge in [-0.05, 0) is 45.0 Å². The van der Waals surface area contributed by atoms with Gasteiger partial charge in [-0.3, -0.25) is 5.10 Å². The first-order valence-electron chi connectivity index (χ1n) is 8.07. The fourth-order valence-electron chi connectivity index (χ4n) is 2.87. The van der Waals surface area contributed by atoms with Crippen LogP contribution < -0.4 is 11.1 Å². The normalized spacial score (nSPS) is 23.1. The van der Waals surface area contributed by atoms with Gasteiger partial charge in [0.15, 0.2) is 12.1 Å². The highest BCUT2D eigenvalue weighted by molar-refractivity contribution is 5.73. The minimum atomic E-state index is -3.42. The molecule has 3 rings (SSSR count). The van der Waals surface area contributed by atoms with Crippen LogP contribution in [0.25, 0.3) is 0 Å². The van der Waals surface area contributed by atoms with Gasteiger partial charge >= 0.3 is 5.92 Å². The molecule has 2 aromatic rings. The molecular weight excluding hydrogens is 347 g/mol. The second kappa shape index (κ2) is 6.22. The lowest BCUT2D eigenvalue weighted by molar-refractivity contribution is -0.117. The van der Waals surface area contributed by atoms with E-state index in [2.05, 4.69) is 25.2 Å². The van der Waals surface area contributed by atoms with Gasteiger partial charge in [0.25, 0.3) is 6.02 Å². The summed E-state index contributed by atoms with van der Waals surface area (Å²) in [6.45, 7) is 3.92. The Morgan fingerprint density at radius 3 is 2.73 bits per heavy atom. The molecule has 0 spiro atoms. The van der Waals surface area contributed by atoms with Crippen LogP contribution in [0, 0.1) is 12.7 Å². The number of nitrogens with two attached hydrogens (primary N) is 1. The molecule has 1 aliphatic heterocycles. The van der Waals surface area contributed by atoms with Crippen molar-refractivity contribution in [3.05, 3.63) is 47.0 Å². The summed E-state index contributed by atoms with van der Waals surface area (Å²) < 4.78 is 48.0. The van der Waals surface area contributed by atoms with Gasteiger partial charge in [-0.25, -0.2) is 9.38 Å². The monoisotopic (exact) mass is 367 g/mol. The predicted octanol–water partition coefficient (Wildman–Crippen LogP) is 3.23. The zero-order valence-electron chi connectivity index (χ0n) is 14.6. The van der Waals surface area contributed by atoms with Gasteiger partial charge in [0.1, 0.15) is 5.82 Å². The first-order chi connectivity index (χ1) is 12.1. The molecule has 0 saturated heterocycles. The van der Waals surface area contributed by atoms with Crippen LogP contribution in [0.3, 0.4) is 0 Å². The van der Waals surface area contributed by atoms with Crippen LogP contribution in [-0.4, -0.2) is 28.7 Å². The molecule has 2 heterocycles. The quantitative estimate of drug-likeness (QED) is 0.774. The average molecular weight is 367 g/mol. The van der Waals surface area contributed by atoms with E-state index in [0.717, 1.165) is 24.4 Å². The summed E-state index contributed by atoms with van der Waals surface area (Å²) in [7, 11) is 0. The number of alkyl halides is 2. The molecule has 140 valence electrons. The van der Waals surface area contributed by atoms with Crippen molar-refractivity contribution in [2.45, 2.75) is 38.3 Å². The van der Waals surface area contributed by atoms with Crippen LogP contribution in [-0.2, 0) is 10.3 Å². The Labute approximate surface area is 148 Å². The first kappa shape index (κ1) is 18.1. The number of aromatic amines is 1. The molecule has 1 aliphatic rings. The fourth-order valence-corrected chi connectivity index (χ4v) is 2.87. The van der Waals surface area contributed by atoms with Gasteiger partial charge < -0.3 is 15.8 Å². The summed E-state index contributed by atoms with van der Waals surface area (Å²) in [6, 6.07) is 5.18. The summed E-state index contributed by atoms with van der Waals surface area (Å²) in [5, 5.41) is 10.1. The Kier molecular flexibility index (Phi) is 4.33. The van der Waals surface area contributed by atoms with Gasteiger partial charge in [0, 0.05) is 16.9 Å². The highest BCUT2D eigenvalue weighted by Gasteiger charge is 2.56. The Morgan fingerprint density at radius 1 is 1.35 bits per heavy atom. The molecule has 2 atom stereocenters. The molecule has 1 unspecified atom stereocenters. The van der Waals surface area contributed by atoms with Gasteiger partial charge in [-0.15, -0.1) is 0 Å². The third-order valence-electron chi connectivity index (χ3n) is 4.49. The molecule has 0 radical (unpaired) electrons. The molecule has 0 amide bonds. The van der Waals surface area contributed by atoms with Crippen LogP contribution in [0.4, 0.5) is 18.9 Å². The van der Waals surface area contributed by atoms with Crippen LogP contribution in [0.5, 0.6) is 0 Å². The second-order valence-electron chi connectivity index (χ2n) is 6.55. The molecule has 1 aromatic carbocycles. The molecule has 0 bridgehead atoms. The van der Waals surface area contributed by atoms with E-state index >= 15 is 0 Å². The summed E-state index contributed by atoms with van der Waals surface area (Å²) >= 11 is 0. The summed E-state index contributed by atoms with van der Waals surface area (Å²) in [4.78, 5) is 3.72. The number of amidine groups is 1. The largest absolute Gasteiger partial charge is 0.459 e. The Bertz CT molecular complexity index is 851. The molecule has 4 N–H and O–H groups in total. The number of halogens is 3. The maximum Gasteiger partial charge on any atom is 0.310 e. The minimum Gasteiger partial charge on any atom is -0.459 e. The van der Waals surface area contributed by atoms with Crippen molar-refractivity contribution in [1.29, 1.82) is 0 Å². The maximum atomic E-state index is 14.5. The molecule has 1 aromatic heterocycles. The van der Waals surface area contributed by atoms with E-state index in [1.165, 1.54) is 12.1 Å². The molecule has 26 heavy (non-hydrogen) atoms. The van der Waals surface area contributed by atoms with Gasteiger partial charge in [-0.2, -0.15) is 13.9 Å². The van der Waals surface area contributed by atoms with Crippen molar-refractivity contribution in [3.8, 4) is 0 Å². The topological polar surface area (TPSA) is 88.3 Å². The Hall–Kier alpha value is -2.71. The van der Waals surface area contributed by atoms with Crippen molar-refractivity contribution < 1.29 is 17.9 Å². The zero-order chi connectivity index (χ0) is 19.1. The van der Waals surface area contributed by atoms with E-state index in [1.807, 2.05) is 19.9 Å². The van der Waals surface area contributed by atoms with Crippen molar-refractivity contribution in [3.63, 3.8) is 0 Å². The number of aliphatic imine (C=N–C) groups is 1. The average Bonchev–Trinajstić information content (AvgIpc) is 3.00. The summed E-state index contributed by atoms with van der Waals surface area (Å²) in [6.07, 6.45) is 0. The molecule has 6 nitrogen and oxygen atoms in total. The minimum absolute atomic E-state index is 0.213. The van der Waals surface area contributed by atoms with E-state index in [1.54, 1.807) is 0 Å². The molecule has 9 heteroatoms. The summed E-state index contributed by atoms with van der Waals surface area (Å²) in [5.41, 5.74) is 5.15. The van der Waals surface area contributed by atoms with Crippen molar-refractivity contribution in [1.82, 2.24) is 10.2 Å². The van der Waals surface area contributed by atoms with Crippen molar-refractivity contribution >= 4 is 11.7 Å². The number of anilines is 1. The standard InChI is InChI=1S/C17H20F3N5O/c1-9-6-14(25-24-9)10(2)22-11-4-5-13(18)12(7-11)16(3)17(19,20)8-26-15(21)23-16/h4-7,10,22H,8H2,1-3H3,(H2,21,23)(H,24,25)/t10?,16-/m1/s1. The van der Waals surface area contributed by atoms with E-state index in [4.69, 9.17) is 5.73 Å². The number of aromatic nitrogens is 2. The first-order valence-corrected chi connectivity index (χ1v) is 8.07. The van der Waals surface area contributed by atoms with Crippen LogP contribution in [0.1, 0.15) is 36.8 Å². The van der Waals surface area contributed by atoms with Gasteiger partial charge in [0.05, 0.1) is 11.7 Å². The fraction of sp³-hybridized carbons (Fsp3) is 0.412. The van der Waals surface area contributed by atoms with E-state index in [0.29, 0.717) is 5.69 Å². The Balaban J connectivity index is 1.96. The predicted molar refractivity (Wildman–Crippen MR) is 91.6 cm³/mol. The molecule has 0 aliphatic carbocycles. The third kappa shape index (κ3) is 3.09. The van der Waals surface area contributed by atoms with Gasteiger partial charge in [0.2, 0.25) is 0 Å². The third-order valence-corrected chi connectivity index (χ3v) is 4.49. The number of ether oxygens (including phenoxy) is 1. The number of rotatable bonds is 4. The lowest BCUT2D eigenvalue weighted by atomic mass is 9.85. The molecule has 0 fully saturated rings. The smallest absolute Gasteiger partial charge is 0.310 e. The number of aryl methyl sites for hydroxylation is 1. The SMILES string of the molecule is Cc1cc(C(C)Nc2ccc(F)c([C@@]3(C)N=C(N)OCC3(F)F)c2)n[nH]1. The van der Waals surface area contributed by atoms with Crippen LogP contribution in [0.2, 0.25) is 0 Å². The number of benzene rings is 1. The highest BCUT2D eigenvalue weighted by Crippen LogP contribution is 2.45.